The first-order valence-corrected chi connectivity index (χ1v) is 7.04. The molecule has 2 aromatic rings. The molecule has 1 aromatic heterocycles. The number of imidazole rings is 1. The summed E-state index contributed by atoms with van der Waals surface area (Å²) in [6.45, 7) is 1.79. The van der Waals surface area contributed by atoms with Crippen molar-refractivity contribution in [2.75, 3.05) is 27.2 Å². The van der Waals surface area contributed by atoms with Crippen LogP contribution in [0.4, 0.5) is 0 Å². The SMILES string of the molecule is CN(C)CC1CCCN1C(=O)c1ccc2nc[nH]c2c1. The van der Waals surface area contributed by atoms with E-state index < -0.39 is 0 Å². The minimum Gasteiger partial charge on any atom is -0.345 e. The van der Waals surface area contributed by atoms with Crippen molar-refractivity contribution in [1.29, 1.82) is 0 Å². The van der Waals surface area contributed by atoms with E-state index in [0.29, 0.717) is 6.04 Å². The van der Waals surface area contributed by atoms with Gasteiger partial charge in [0.1, 0.15) is 0 Å². The van der Waals surface area contributed by atoms with Crippen LogP contribution in [0.15, 0.2) is 24.5 Å². The van der Waals surface area contributed by atoms with Crippen LogP contribution in [0.3, 0.4) is 0 Å². The topological polar surface area (TPSA) is 52.2 Å². The number of fused-ring (bicyclic) bond motifs is 1. The molecule has 1 aliphatic heterocycles. The van der Waals surface area contributed by atoms with E-state index in [4.69, 9.17) is 0 Å². The van der Waals surface area contributed by atoms with Gasteiger partial charge >= 0.3 is 0 Å². The van der Waals surface area contributed by atoms with Gasteiger partial charge in [0.25, 0.3) is 5.91 Å². The van der Waals surface area contributed by atoms with Gasteiger partial charge in [-0.3, -0.25) is 4.79 Å². The number of carbonyl (C=O) groups excluding carboxylic acids is 1. The fourth-order valence-electron chi connectivity index (χ4n) is 2.95. The molecule has 20 heavy (non-hydrogen) atoms. The van der Waals surface area contributed by atoms with Gasteiger partial charge in [0, 0.05) is 24.7 Å². The Morgan fingerprint density at radius 3 is 3.15 bits per heavy atom. The van der Waals surface area contributed by atoms with Gasteiger partial charge in [-0.05, 0) is 45.1 Å². The Hall–Kier alpha value is -1.88. The summed E-state index contributed by atoms with van der Waals surface area (Å²) >= 11 is 0. The number of aromatic amines is 1. The van der Waals surface area contributed by atoms with Crippen LogP contribution >= 0.6 is 0 Å². The number of benzene rings is 1. The molecule has 1 aromatic carbocycles. The molecule has 106 valence electrons. The molecule has 0 spiro atoms. The third-order valence-corrected chi connectivity index (χ3v) is 3.88. The van der Waals surface area contributed by atoms with Gasteiger partial charge in [-0.2, -0.15) is 0 Å². The van der Waals surface area contributed by atoms with Crippen LogP contribution < -0.4 is 0 Å². The Bertz CT molecular complexity index is 619. The molecule has 2 heterocycles. The lowest BCUT2D eigenvalue weighted by Gasteiger charge is -2.27. The summed E-state index contributed by atoms with van der Waals surface area (Å²) in [5, 5.41) is 0. The van der Waals surface area contributed by atoms with Crippen LogP contribution in [0.5, 0.6) is 0 Å². The highest BCUT2D eigenvalue weighted by atomic mass is 16.2. The van der Waals surface area contributed by atoms with E-state index in [1.54, 1.807) is 6.33 Å². The van der Waals surface area contributed by atoms with E-state index in [1.165, 1.54) is 0 Å². The zero-order chi connectivity index (χ0) is 14.1. The van der Waals surface area contributed by atoms with Crippen LogP contribution in [0.2, 0.25) is 0 Å². The van der Waals surface area contributed by atoms with E-state index in [1.807, 2.05) is 23.1 Å². The molecule has 1 unspecified atom stereocenters. The minimum absolute atomic E-state index is 0.130. The summed E-state index contributed by atoms with van der Waals surface area (Å²) < 4.78 is 0. The standard InChI is InChI=1S/C15H20N4O/c1-18(2)9-12-4-3-7-19(12)15(20)11-5-6-13-14(8-11)17-10-16-13/h5-6,8,10,12H,3-4,7,9H2,1-2H3,(H,16,17). The van der Waals surface area contributed by atoms with E-state index >= 15 is 0 Å². The lowest BCUT2D eigenvalue weighted by atomic mass is 10.1. The van der Waals surface area contributed by atoms with Crippen molar-refractivity contribution in [2.45, 2.75) is 18.9 Å². The second-order valence-corrected chi connectivity index (χ2v) is 5.69. The molecule has 0 radical (unpaired) electrons. The van der Waals surface area contributed by atoms with E-state index in [9.17, 15) is 4.79 Å². The maximum Gasteiger partial charge on any atom is 0.254 e. The average Bonchev–Trinajstić information content (AvgIpc) is 3.04. The third-order valence-electron chi connectivity index (χ3n) is 3.88. The fraction of sp³-hybridized carbons (Fsp3) is 0.467. The summed E-state index contributed by atoms with van der Waals surface area (Å²) in [4.78, 5) is 24.1. The predicted molar refractivity (Wildman–Crippen MR) is 78.7 cm³/mol. The first-order chi connectivity index (χ1) is 9.65. The van der Waals surface area contributed by atoms with Crippen molar-refractivity contribution in [3.63, 3.8) is 0 Å². The highest BCUT2D eigenvalue weighted by Gasteiger charge is 2.29. The maximum atomic E-state index is 12.7. The molecule has 3 rings (SSSR count). The van der Waals surface area contributed by atoms with Crippen molar-refractivity contribution in [1.82, 2.24) is 19.8 Å². The lowest BCUT2D eigenvalue weighted by Crippen LogP contribution is -2.41. The van der Waals surface area contributed by atoms with Gasteiger partial charge in [0.2, 0.25) is 0 Å². The summed E-state index contributed by atoms with van der Waals surface area (Å²) in [6, 6.07) is 6.00. The van der Waals surface area contributed by atoms with Gasteiger partial charge in [-0.15, -0.1) is 0 Å². The van der Waals surface area contributed by atoms with Gasteiger partial charge in [-0.1, -0.05) is 0 Å². The zero-order valence-corrected chi connectivity index (χ0v) is 12.0. The van der Waals surface area contributed by atoms with Crippen molar-refractivity contribution < 1.29 is 4.79 Å². The normalized spacial score (nSPS) is 19.1. The fourth-order valence-corrected chi connectivity index (χ4v) is 2.95. The van der Waals surface area contributed by atoms with Gasteiger partial charge in [-0.25, -0.2) is 4.98 Å². The minimum atomic E-state index is 0.130. The highest BCUT2D eigenvalue weighted by Crippen LogP contribution is 2.22. The monoisotopic (exact) mass is 272 g/mol. The zero-order valence-electron chi connectivity index (χ0n) is 12.0. The number of nitrogens with one attached hydrogen (secondary N) is 1. The smallest absolute Gasteiger partial charge is 0.254 e. The first kappa shape index (κ1) is 13.1. The number of likely N-dealkylation sites (tertiary alicyclic amines) is 1. The molecule has 1 amide bonds. The number of H-pyrrole nitrogens is 1. The number of likely N-dealkylation sites (N-methyl/N-ethyl adjacent to an activating group) is 1. The van der Waals surface area contributed by atoms with E-state index in [-0.39, 0.29) is 5.91 Å². The molecular weight excluding hydrogens is 252 g/mol. The Kier molecular flexibility index (Phi) is 3.44. The average molecular weight is 272 g/mol. The summed E-state index contributed by atoms with van der Waals surface area (Å²) in [5.74, 6) is 0.130. The number of hydrogen-bond donors (Lipinski definition) is 1. The van der Waals surface area contributed by atoms with Crippen LogP contribution in [0, 0.1) is 0 Å². The Balaban J connectivity index is 1.83. The van der Waals surface area contributed by atoms with Crippen molar-refractivity contribution in [3.05, 3.63) is 30.1 Å². The first-order valence-electron chi connectivity index (χ1n) is 7.04. The lowest BCUT2D eigenvalue weighted by molar-refractivity contribution is 0.0716. The number of carbonyl (C=O) groups is 1. The molecule has 0 saturated carbocycles. The van der Waals surface area contributed by atoms with Crippen molar-refractivity contribution >= 4 is 16.9 Å². The third kappa shape index (κ3) is 2.41. The number of rotatable bonds is 3. The molecule has 5 heteroatoms. The number of aromatic nitrogens is 2. The van der Waals surface area contributed by atoms with Crippen LogP contribution in [0.1, 0.15) is 23.2 Å². The number of amides is 1. The molecule has 0 bridgehead atoms. The molecular formula is C15H20N4O. The Morgan fingerprint density at radius 2 is 2.35 bits per heavy atom. The molecule has 1 aliphatic rings. The second-order valence-electron chi connectivity index (χ2n) is 5.69. The number of nitrogens with zero attached hydrogens (tertiary/aromatic N) is 3. The molecule has 1 atom stereocenters. The van der Waals surface area contributed by atoms with Crippen molar-refractivity contribution in [2.24, 2.45) is 0 Å². The van der Waals surface area contributed by atoms with Gasteiger partial charge in [0.15, 0.2) is 0 Å². The predicted octanol–water partition coefficient (Wildman–Crippen LogP) is 1.73. The summed E-state index contributed by atoms with van der Waals surface area (Å²) in [7, 11) is 4.11. The van der Waals surface area contributed by atoms with E-state index in [0.717, 1.165) is 42.5 Å². The summed E-state index contributed by atoms with van der Waals surface area (Å²) in [5.41, 5.74) is 2.56. The largest absolute Gasteiger partial charge is 0.345 e. The highest BCUT2D eigenvalue weighted by molar-refractivity contribution is 5.97. The number of hydrogen-bond acceptors (Lipinski definition) is 3. The second kappa shape index (κ2) is 5.25. The van der Waals surface area contributed by atoms with Crippen LogP contribution in [-0.2, 0) is 0 Å². The van der Waals surface area contributed by atoms with Crippen LogP contribution in [-0.4, -0.2) is 58.9 Å². The maximum absolute atomic E-state index is 12.7. The summed E-state index contributed by atoms with van der Waals surface area (Å²) in [6.07, 6.45) is 3.84. The molecule has 1 fully saturated rings. The van der Waals surface area contributed by atoms with Gasteiger partial charge in [0.05, 0.1) is 17.4 Å². The quantitative estimate of drug-likeness (QED) is 0.925. The Morgan fingerprint density at radius 1 is 1.50 bits per heavy atom. The Labute approximate surface area is 118 Å². The molecule has 1 saturated heterocycles. The van der Waals surface area contributed by atoms with E-state index in [2.05, 4.69) is 29.0 Å². The van der Waals surface area contributed by atoms with Gasteiger partial charge < -0.3 is 14.8 Å². The molecule has 1 N–H and O–H groups in total. The van der Waals surface area contributed by atoms with Crippen LogP contribution in [0.25, 0.3) is 11.0 Å². The van der Waals surface area contributed by atoms with Crippen molar-refractivity contribution in [3.8, 4) is 0 Å². The molecule has 5 nitrogen and oxygen atoms in total. The molecule has 0 aliphatic carbocycles.